The maximum atomic E-state index is 4.22. The largest absolute Gasteiger partial charge is 0.360 e. The maximum Gasteiger partial charge on any atom is 0.205 e. The van der Waals surface area contributed by atoms with E-state index in [-0.39, 0.29) is 0 Å². The number of anilines is 1. The molecule has 0 spiro atoms. The molecule has 0 fully saturated rings. The molecular formula is C9H12N4S2. The first-order valence-corrected chi connectivity index (χ1v) is 6.52. The van der Waals surface area contributed by atoms with Gasteiger partial charge in [-0.2, -0.15) is 0 Å². The molecule has 4 nitrogen and oxygen atoms in total. The first kappa shape index (κ1) is 10.5. The molecule has 2 heterocycles. The number of thiazole rings is 1. The number of hydrogen-bond acceptors (Lipinski definition) is 6. The van der Waals surface area contributed by atoms with Gasteiger partial charge in [-0.15, -0.1) is 21.5 Å². The molecule has 1 N–H and O–H groups in total. The maximum absolute atomic E-state index is 4.22. The monoisotopic (exact) mass is 240 g/mol. The summed E-state index contributed by atoms with van der Waals surface area (Å²) >= 11 is 3.26. The molecule has 0 saturated carbocycles. The van der Waals surface area contributed by atoms with Gasteiger partial charge < -0.3 is 5.32 Å². The van der Waals surface area contributed by atoms with Crippen molar-refractivity contribution in [3.8, 4) is 0 Å². The Hall–Kier alpha value is -1.01. The van der Waals surface area contributed by atoms with Crippen LogP contribution in [0.1, 0.15) is 23.4 Å². The second-order valence-corrected chi connectivity index (χ2v) is 5.07. The molecule has 0 radical (unpaired) electrons. The third-order valence-electron chi connectivity index (χ3n) is 1.78. The Bertz CT molecular complexity index is 396. The summed E-state index contributed by atoms with van der Waals surface area (Å²) in [5, 5.41) is 16.4. The lowest BCUT2D eigenvalue weighted by molar-refractivity contribution is 0.950. The van der Waals surface area contributed by atoms with Crippen LogP contribution in [-0.2, 0) is 6.42 Å². The quantitative estimate of drug-likeness (QED) is 0.872. The zero-order valence-electron chi connectivity index (χ0n) is 8.43. The van der Waals surface area contributed by atoms with Crippen molar-refractivity contribution in [3.05, 3.63) is 21.6 Å². The molecule has 2 aromatic rings. The number of nitrogens with zero attached hydrogens (tertiary/aromatic N) is 3. The van der Waals surface area contributed by atoms with Crippen molar-refractivity contribution in [2.75, 3.05) is 11.9 Å². The fraction of sp³-hybridized carbons (Fsp3) is 0.444. The Morgan fingerprint density at radius 1 is 1.33 bits per heavy atom. The van der Waals surface area contributed by atoms with Crippen LogP contribution in [0.3, 0.4) is 0 Å². The van der Waals surface area contributed by atoms with E-state index in [0.717, 1.165) is 34.5 Å². The number of aromatic nitrogens is 3. The number of rotatable bonds is 5. The van der Waals surface area contributed by atoms with E-state index in [1.807, 2.05) is 11.6 Å². The molecule has 80 valence electrons. The predicted octanol–water partition coefficient (Wildman–Crippen LogP) is 2.41. The Kier molecular flexibility index (Phi) is 3.63. The van der Waals surface area contributed by atoms with Crippen LogP contribution in [-0.4, -0.2) is 21.7 Å². The lowest BCUT2D eigenvalue weighted by atomic mass is 10.5. The van der Waals surface area contributed by atoms with Gasteiger partial charge in [-0.1, -0.05) is 18.3 Å². The minimum Gasteiger partial charge on any atom is -0.360 e. The molecule has 0 atom stereocenters. The van der Waals surface area contributed by atoms with Gasteiger partial charge in [-0.05, 0) is 6.42 Å². The van der Waals surface area contributed by atoms with Gasteiger partial charge in [0.05, 0.1) is 11.4 Å². The zero-order valence-corrected chi connectivity index (χ0v) is 10.1. The van der Waals surface area contributed by atoms with E-state index in [0.29, 0.717) is 0 Å². The van der Waals surface area contributed by atoms with Crippen LogP contribution >= 0.6 is 22.7 Å². The average Bonchev–Trinajstić information content (AvgIpc) is 2.87. The first-order chi connectivity index (χ1) is 7.38. The zero-order chi connectivity index (χ0) is 10.5. The van der Waals surface area contributed by atoms with Crippen LogP contribution in [0.5, 0.6) is 0 Å². The second kappa shape index (κ2) is 5.18. The highest BCUT2D eigenvalue weighted by Gasteiger charge is 2.05. The van der Waals surface area contributed by atoms with E-state index in [1.165, 1.54) is 0 Å². The van der Waals surface area contributed by atoms with Crippen LogP contribution < -0.4 is 5.32 Å². The molecule has 0 aliphatic rings. The van der Waals surface area contributed by atoms with Crippen LogP contribution in [0.4, 0.5) is 5.13 Å². The van der Waals surface area contributed by atoms with Crippen molar-refractivity contribution in [2.24, 2.45) is 0 Å². The lowest BCUT2D eigenvalue weighted by Crippen LogP contribution is -1.98. The third kappa shape index (κ3) is 2.97. The van der Waals surface area contributed by atoms with Gasteiger partial charge in [0.1, 0.15) is 5.01 Å². The van der Waals surface area contributed by atoms with E-state index in [2.05, 4.69) is 27.4 Å². The summed E-state index contributed by atoms with van der Waals surface area (Å²) in [7, 11) is 0. The summed E-state index contributed by atoms with van der Waals surface area (Å²) in [6.45, 7) is 3.08. The lowest BCUT2D eigenvalue weighted by Gasteiger charge is -1.95. The third-order valence-corrected chi connectivity index (χ3v) is 3.44. The molecule has 0 aliphatic heterocycles. The van der Waals surface area contributed by atoms with E-state index in [1.54, 1.807) is 22.7 Å². The minimum absolute atomic E-state index is 0.795. The highest BCUT2D eigenvalue weighted by Crippen LogP contribution is 2.19. The van der Waals surface area contributed by atoms with Gasteiger partial charge in [0, 0.05) is 18.1 Å². The Morgan fingerprint density at radius 2 is 2.27 bits per heavy atom. The van der Waals surface area contributed by atoms with Gasteiger partial charge in [0.25, 0.3) is 0 Å². The molecule has 2 aromatic heterocycles. The standard InChI is InChI=1S/C9H12N4S2/c1-2-3-11-9-13-12-8(15-9)6-7-10-4-5-14-7/h4-5H,2-3,6H2,1H3,(H,11,13). The van der Waals surface area contributed by atoms with E-state index >= 15 is 0 Å². The molecule has 0 aliphatic carbocycles. The van der Waals surface area contributed by atoms with E-state index in [9.17, 15) is 0 Å². The van der Waals surface area contributed by atoms with Crippen LogP contribution in [0.15, 0.2) is 11.6 Å². The molecule has 0 amide bonds. The molecule has 0 unspecified atom stereocenters. The van der Waals surface area contributed by atoms with Gasteiger partial charge in [-0.3, -0.25) is 0 Å². The van der Waals surface area contributed by atoms with Crippen molar-refractivity contribution < 1.29 is 0 Å². The van der Waals surface area contributed by atoms with Crippen LogP contribution in [0.25, 0.3) is 0 Å². The highest BCUT2D eigenvalue weighted by atomic mass is 32.1. The Morgan fingerprint density at radius 3 is 3.00 bits per heavy atom. The average molecular weight is 240 g/mol. The fourth-order valence-corrected chi connectivity index (χ4v) is 2.58. The summed E-state index contributed by atoms with van der Waals surface area (Å²) in [6.07, 6.45) is 3.71. The molecule has 0 saturated heterocycles. The summed E-state index contributed by atoms with van der Waals surface area (Å²) < 4.78 is 0. The molecule has 0 bridgehead atoms. The fourth-order valence-electron chi connectivity index (χ4n) is 1.10. The molecular weight excluding hydrogens is 228 g/mol. The molecule has 2 rings (SSSR count). The van der Waals surface area contributed by atoms with E-state index in [4.69, 9.17) is 0 Å². The number of hydrogen-bond donors (Lipinski definition) is 1. The van der Waals surface area contributed by atoms with Gasteiger partial charge in [0.2, 0.25) is 5.13 Å². The van der Waals surface area contributed by atoms with Crippen LogP contribution in [0, 0.1) is 0 Å². The second-order valence-electron chi connectivity index (χ2n) is 3.03. The Labute approximate surface area is 96.4 Å². The molecule has 6 heteroatoms. The van der Waals surface area contributed by atoms with Crippen molar-refractivity contribution >= 4 is 27.8 Å². The van der Waals surface area contributed by atoms with Crippen molar-refractivity contribution in [1.82, 2.24) is 15.2 Å². The van der Waals surface area contributed by atoms with Gasteiger partial charge >= 0.3 is 0 Å². The highest BCUT2D eigenvalue weighted by molar-refractivity contribution is 7.15. The van der Waals surface area contributed by atoms with Crippen molar-refractivity contribution in [2.45, 2.75) is 19.8 Å². The predicted molar refractivity (Wildman–Crippen MR) is 63.6 cm³/mol. The topological polar surface area (TPSA) is 50.7 Å². The SMILES string of the molecule is CCCNc1nnc(Cc2nccs2)s1. The van der Waals surface area contributed by atoms with Crippen molar-refractivity contribution in [3.63, 3.8) is 0 Å². The number of nitrogens with one attached hydrogen (secondary N) is 1. The molecule has 15 heavy (non-hydrogen) atoms. The summed E-state index contributed by atoms with van der Waals surface area (Å²) in [6, 6.07) is 0. The van der Waals surface area contributed by atoms with E-state index < -0.39 is 0 Å². The minimum atomic E-state index is 0.795. The van der Waals surface area contributed by atoms with Gasteiger partial charge in [-0.25, -0.2) is 4.98 Å². The molecule has 0 aromatic carbocycles. The first-order valence-electron chi connectivity index (χ1n) is 4.83. The van der Waals surface area contributed by atoms with Crippen LogP contribution in [0.2, 0.25) is 0 Å². The summed E-state index contributed by atoms with van der Waals surface area (Å²) in [5.74, 6) is 0. The van der Waals surface area contributed by atoms with Crippen molar-refractivity contribution in [1.29, 1.82) is 0 Å². The normalized spacial score (nSPS) is 10.5. The smallest absolute Gasteiger partial charge is 0.205 e. The summed E-state index contributed by atoms with van der Waals surface area (Å²) in [4.78, 5) is 4.22. The summed E-state index contributed by atoms with van der Waals surface area (Å²) in [5.41, 5.74) is 0. The Balaban J connectivity index is 1.95. The van der Waals surface area contributed by atoms with Gasteiger partial charge in [0.15, 0.2) is 0 Å².